The highest BCUT2D eigenvalue weighted by atomic mass is 16.5. The molecular formula is C19H34N2O5. The van der Waals surface area contributed by atoms with Crippen molar-refractivity contribution in [3.05, 3.63) is 0 Å². The van der Waals surface area contributed by atoms with Crippen LogP contribution in [0.5, 0.6) is 0 Å². The smallest absolute Gasteiger partial charge is 0.323 e. The SMILES string of the molecule is CCCC(NC(C)C(=O)N1CCC2CCCCC21)C(=O)OCC.O=CO. The van der Waals surface area contributed by atoms with Gasteiger partial charge in [-0.2, -0.15) is 0 Å². The predicted molar refractivity (Wildman–Crippen MR) is 98.7 cm³/mol. The fourth-order valence-electron chi connectivity index (χ4n) is 4.10. The first kappa shape index (κ1) is 22.4. The summed E-state index contributed by atoms with van der Waals surface area (Å²) in [6, 6.07) is -0.298. The van der Waals surface area contributed by atoms with Crippen molar-refractivity contribution in [1.29, 1.82) is 0 Å². The van der Waals surface area contributed by atoms with E-state index in [1.165, 1.54) is 19.3 Å². The number of nitrogens with one attached hydrogen (secondary N) is 1. The molecule has 4 unspecified atom stereocenters. The molecule has 0 aromatic rings. The monoisotopic (exact) mass is 370 g/mol. The summed E-state index contributed by atoms with van der Waals surface area (Å²) in [7, 11) is 0. The van der Waals surface area contributed by atoms with Gasteiger partial charge < -0.3 is 14.7 Å². The summed E-state index contributed by atoms with van der Waals surface area (Å²) in [4.78, 5) is 35.3. The van der Waals surface area contributed by atoms with E-state index in [0.717, 1.165) is 25.8 Å². The van der Waals surface area contributed by atoms with Gasteiger partial charge >= 0.3 is 5.97 Å². The first-order chi connectivity index (χ1) is 12.5. The number of fused-ring (bicyclic) bond motifs is 1. The molecule has 26 heavy (non-hydrogen) atoms. The van der Waals surface area contributed by atoms with E-state index in [0.29, 0.717) is 25.0 Å². The van der Waals surface area contributed by atoms with Gasteiger partial charge in [0.2, 0.25) is 5.91 Å². The highest BCUT2D eigenvalue weighted by Crippen LogP contribution is 2.36. The van der Waals surface area contributed by atoms with E-state index in [1.807, 2.05) is 20.8 Å². The van der Waals surface area contributed by atoms with Gasteiger partial charge in [-0.15, -0.1) is 0 Å². The van der Waals surface area contributed by atoms with Crippen molar-refractivity contribution in [2.45, 2.75) is 83.8 Å². The number of nitrogens with zero attached hydrogens (tertiary/aromatic N) is 1. The number of hydrogen-bond acceptors (Lipinski definition) is 5. The standard InChI is InChI=1S/C18H32N2O3.CH2O2/c1-4-8-15(18(22)23-5-2)19-13(3)17(21)20-12-11-14-9-6-7-10-16(14)20;2-1-3/h13-16,19H,4-12H2,1-3H3;1H,(H,2,3). The zero-order valence-corrected chi connectivity index (χ0v) is 16.3. The molecule has 0 spiro atoms. The summed E-state index contributed by atoms with van der Waals surface area (Å²) in [5.74, 6) is 0.590. The van der Waals surface area contributed by atoms with Gasteiger partial charge in [-0.3, -0.25) is 19.7 Å². The molecule has 2 rings (SSSR count). The second kappa shape index (κ2) is 11.9. The first-order valence-corrected chi connectivity index (χ1v) is 9.81. The molecule has 2 aliphatic rings. The Bertz CT molecular complexity index is 457. The Hall–Kier alpha value is -1.63. The fourth-order valence-corrected chi connectivity index (χ4v) is 4.10. The number of carbonyl (C=O) groups excluding carboxylic acids is 2. The highest BCUT2D eigenvalue weighted by Gasteiger charge is 2.39. The zero-order chi connectivity index (χ0) is 19.5. The van der Waals surface area contributed by atoms with Gasteiger partial charge in [-0.1, -0.05) is 26.2 Å². The van der Waals surface area contributed by atoms with Crippen LogP contribution in [0, 0.1) is 5.92 Å². The van der Waals surface area contributed by atoms with Gasteiger partial charge in [0.05, 0.1) is 12.6 Å². The van der Waals surface area contributed by atoms with Crippen molar-refractivity contribution in [3.63, 3.8) is 0 Å². The second-order valence-electron chi connectivity index (χ2n) is 7.02. The van der Waals surface area contributed by atoms with Crippen molar-refractivity contribution in [3.8, 4) is 0 Å². The lowest BCUT2D eigenvalue weighted by Crippen LogP contribution is -2.52. The molecule has 1 saturated carbocycles. The normalized spacial score (nSPS) is 23.9. The average Bonchev–Trinajstić information content (AvgIpc) is 3.05. The molecule has 150 valence electrons. The third-order valence-corrected chi connectivity index (χ3v) is 5.26. The Morgan fingerprint density at radius 1 is 1.27 bits per heavy atom. The third kappa shape index (κ3) is 6.27. The van der Waals surface area contributed by atoms with E-state index in [9.17, 15) is 9.59 Å². The lowest BCUT2D eigenvalue weighted by Gasteiger charge is -2.34. The Balaban J connectivity index is 0.00000105. The van der Waals surface area contributed by atoms with Gasteiger partial charge in [-0.05, 0) is 45.4 Å². The van der Waals surface area contributed by atoms with Crippen molar-refractivity contribution >= 4 is 18.3 Å². The summed E-state index contributed by atoms with van der Waals surface area (Å²) < 4.78 is 5.12. The van der Waals surface area contributed by atoms with Gasteiger partial charge in [0, 0.05) is 12.6 Å². The molecule has 1 aliphatic carbocycles. The summed E-state index contributed by atoms with van der Waals surface area (Å²) in [5, 5.41) is 10.1. The molecule has 0 aromatic carbocycles. The Morgan fingerprint density at radius 2 is 1.92 bits per heavy atom. The van der Waals surface area contributed by atoms with E-state index in [4.69, 9.17) is 14.6 Å². The van der Waals surface area contributed by atoms with Gasteiger partial charge in [0.15, 0.2) is 0 Å². The minimum absolute atomic E-state index is 0.143. The van der Waals surface area contributed by atoms with Crippen LogP contribution in [0.3, 0.4) is 0 Å². The molecule has 1 saturated heterocycles. The molecule has 0 bridgehead atoms. The van der Waals surface area contributed by atoms with Crippen molar-refractivity contribution in [2.24, 2.45) is 5.92 Å². The summed E-state index contributed by atoms with van der Waals surface area (Å²) in [5.41, 5.74) is 0. The number of ether oxygens (including phenoxy) is 1. The van der Waals surface area contributed by atoms with Crippen molar-refractivity contribution in [1.82, 2.24) is 10.2 Å². The molecule has 0 aromatic heterocycles. The molecule has 1 heterocycles. The molecular weight excluding hydrogens is 336 g/mol. The van der Waals surface area contributed by atoms with Crippen LogP contribution in [-0.4, -0.2) is 59.6 Å². The molecule has 7 heteroatoms. The summed E-state index contributed by atoms with van der Waals surface area (Å²) in [6.45, 7) is 6.72. The molecule has 7 nitrogen and oxygen atoms in total. The maximum atomic E-state index is 12.8. The average molecular weight is 370 g/mol. The van der Waals surface area contributed by atoms with Crippen molar-refractivity contribution in [2.75, 3.05) is 13.2 Å². The predicted octanol–water partition coefficient (Wildman–Crippen LogP) is 2.19. The van der Waals surface area contributed by atoms with E-state index >= 15 is 0 Å². The van der Waals surface area contributed by atoms with Gasteiger partial charge in [0.1, 0.15) is 6.04 Å². The summed E-state index contributed by atoms with van der Waals surface area (Å²) in [6.07, 6.45) is 7.65. The lowest BCUT2D eigenvalue weighted by molar-refractivity contribution is -0.146. The van der Waals surface area contributed by atoms with Crippen LogP contribution in [0.1, 0.15) is 65.7 Å². The number of carbonyl (C=O) groups is 3. The Morgan fingerprint density at radius 3 is 2.54 bits per heavy atom. The fraction of sp³-hybridized carbons (Fsp3) is 0.842. The van der Waals surface area contributed by atoms with E-state index in [1.54, 1.807) is 0 Å². The van der Waals surface area contributed by atoms with Crippen molar-refractivity contribution < 1.29 is 24.2 Å². The van der Waals surface area contributed by atoms with Crippen LogP contribution in [-0.2, 0) is 19.1 Å². The lowest BCUT2D eigenvalue weighted by atomic mass is 9.85. The molecule has 1 amide bonds. The molecule has 2 N–H and O–H groups in total. The molecule has 0 radical (unpaired) electrons. The van der Waals surface area contributed by atoms with Gasteiger partial charge in [0.25, 0.3) is 6.47 Å². The van der Waals surface area contributed by atoms with Crippen LogP contribution in [0.2, 0.25) is 0 Å². The maximum Gasteiger partial charge on any atom is 0.323 e. The van der Waals surface area contributed by atoms with Gasteiger partial charge in [-0.25, -0.2) is 0 Å². The number of hydrogen-bond donors (Lipinski definition) is 2. The highest BCUT2D eigenvalue weighted by molar-refractivity contribution is 5.83. The Labute approximate surface area is 156 Å². The Kier molecular flexibility index (Phi) is 10.2. The number of rotatable bonds is 7. The minimum atomic E-state index is -0.386. The zero-order valence-electron chi connectivity index (χ0n) is 16.3. The van der Waals surface area contributed by atoms with E-state index in [2.05, 4.69) is 10.2 Å². The summed E-state index contributed by atoms with van der Waals surface area (Å²) >= 11 is 0. The third-order valence-electron chi connectivity index (χ3n) is 5.26. The molecule has 1 aliphatic heterocycles. The molecule has 4 atom stereocenters. The van der Waals surface area contributed by atoms with Crippen LogP contribution in [0.4, 0.5) is 0 Å². The minimum Gasteiger partial charge on any atom is -0.483 e. The number of likely N-dealkylation sites (tertiary alicyclic amines) is 1. The number of amides is 1. The second-order valence-corrected chi connectivity index (χ2v) is 7.02. The van der Waals surface area contributed by atoms with Crippen LogP contribution in [0.15, 0.2) is 0 Å². The van der Waals surface area contributed by atoms with E-state index in [-0.39, 0.29) is 30.4 Å². The number of carboxylic acid groups (broad SMARTS) is 1. The molecule has 2 fully saturated rings. The topological polar surface area (TPSA) is 95.9 Å². The first-order valence-electron chi connectivity index (χ1n) is 9.81. The quantitative estimate of drug-likeness (QED) is 0.527. The largest absolute Gasteiger partial charge is 0.483 e. The van der Waals surface area contributed by atoms with Crippen LogP contribution < -0.4 is 5.32 Å². The number of esters is 1. The van der Waals surface area contributed by atoms with E-state index < -0.39 is 0 Å². The van der Waals surface area contributed by atoms with Crippen LogP contribution in [0.25, 0.3) is 0 Å². The van der Waals surface area contributed by atoms with Crippen LogP contribution >= 0.6 is 0 Å². The maximum absolute atomic E-state index is 12.8.